The second-order valence-electron chi connectivity index (χ2n) is 9.68. The molecule has 6 heteroatoms. The van der Waals surface area contributed by atoms with Crippen molar-refractivity contribution in [3.63, 3.8) is 0 Å². The molecule has 0 aromatic heterocycles. The first kappa shape index (κ1) is 24.8. The molecule has 2 aromatic rings. The number of hydrogen-bond acceptors (Lipinski definition) is 4. The normalized spacial score (nSPS) is 14.7. The third-order valence-corrected chi connectivity index (χ3v) is 6.01. The number of piperazine rings is 1. The molecule has 1 aliphatic rings. The predicted molar refractivity (Wildman–Crippen MR) is 133 cm³/mol. The molecule has 0 atom stereocenters. The molecule has 1 saturated heterocycles. The number of unbranched alkanes of at least 4 members (excludes halogenated alkanes) is 1. The lowest BCUT2D eigenvalue weighted by molar-refractivity contribution is 0.0501. The number of nitrogens with zero attached hydrogens (tertiary/aromatic N) is 2. The number of carbonyl (C=O) groups is 2. The molecule has 1 heterocycles. The Kier molecular flexibility index (Phi) is 8.50. The van der Waals surface area contributed by atoms with Crippen LogP contribution in [0, 0.1) is 0 Å². The standard InChI is InChI=1S/C27H37N3O3/c1-5-6-19-33-25(31)23-9-7-8-10-24(23)28-26(32)30-17-15-29(16-18-30)20-21-11-13-22(14-12-21)27(2,3)4/h7-14H,5-6,15-20H2,1-4H3,(H,28,32). The van der Waals surface area contributed by atoms with Crippen molar-refractivity contribution in [1.29, 1.82) is 0 Å². The number of ether oxygens (including phenoxy) is 1. The van der Waals surface area contributed by atoms with Gasteiger partial charge in [0.1, 0.15) is 0 Å². The number of esters is 1. The van der Waals surface area contributed by atoms with Crippen LogP contribution in [0.1, 0.15) is 62.0 Å². The minimum Gasteiger partial charge on any atom is -0.462 e. The average molecular weight is 452 g/mol. The van der Waals surface area contributed by atoms with Crippen LogP contribution in [0.5, 0.6) is 0 Å². The molecule has 2 aromatic carbocycles. The van der Waals surface area contributed by atoms with E-state index in [9.17, 15) is 9.59 Å². The summed E-state index contributed by atoms with van der Waals surface area (Å²) in [6, 6.07) is 15.7. The third kappa shape index (κ3) is 7.06. The fraction of sp³-hybridized carbons (Fsp3) is 0.481. The number of urea groups is 1. The number of amides is 2. The molecule has 3 rings (SSSR count). The van der Waals surface area contributed by atoms with Gasteiger partial charge in [0.2, 0.25) is 0 Å². The lowest BCUT2D eigenvalue weighted by atomic mass is 9.87. The fourth-order valence-electron chi connectivity index (χ4n) is 3.83. The van der Waals surface area contributed by atoms with Crippen molar-refractivity contribution in [1.82, 2.24) is 9.80 Å². The Morgan fingerprint density at radius 1 is 0.970 bits per heavy atom. The summed E-state index contributed by atoms with van der Waals surface area (Å²) >= 11 is 0. The highest BCUT2D eigenvalue weighted by atomic mass is 16.5. The van der Waals surface area contributed by atoms with Crippen LogP contribution in [0.15, 0.2) is 48.5 Å². The molecule has 33 heavy (non-hydrogen) atoms. The molecule has 1 aliphatic heterocycles. The zero-order valence-electron chi connectivity index (χ0n) is 20.4. The van der Waals surface area contributed by atoms with E-state index in [1.165, 1.54) is 11.1 Å². The molecular weight excluding hydrogens is 414 g/mol. The van der Waals surface area contributed by atoms with Crippen LogP contribution in [-0.4, -0.2) is 54.6 Å². The summed E-state index contributed by atoms with van der Waals surface area (Å²) in [7, 11) is 0. The van der Waals surface area contributed by atoms with Gasteiger partial charge < -0.3 is 15.0 Å². The van der Waals surface area contributed by atoms with Gasteiger partial charge in [0.15, 0.2) is 0 Å². The predicted octanol–water partition coefficient (Wildman–Crippen LogP) is 5.29. The van der Waals surface area contributed by atoms with E-state index in [1.807, 2.05) is 6.92 Å². The highest BCUT2D eigenvalue weighted by Gasteiger charge is 2.23. The van der Waals surface area contributed by atoms with E-state index >= 15 is 0 Å². The average Bonchev–Trinajstić information content (AvgIpc) is 2.80. The van der Waals surface area contributed by atoms with Crippen molar-refractivity contribution >= 4 is 17.7 Å². The van der Waals surface area contributed by atoms with E-state index in [2.05, 4.69) is 55.3 Å². The van der Waals surface area contributed by atoms with Crippen molar-refractivity contribution in [2.45, 2.75) is 52.5 Å². The van der Waals surface area contributed by atoms with E-state index in [0.717, 1.165) is 32.5 Å². The molecular formula is C27H37N3O3. The fourth-order valence-corrected chi connectivity index (χ4v) is 3.83. The molecule has 0 radical (unpaired) electrons. The molecule has 0 aliphatic carbocycles. The minimum atomic E-state index is -0.401. The van der Waals surface area contributed by atoms with Crippen LogP contribution >= 0.6 is 0 Å². The maximum Gasteiger partial charge on any atom is 0.340 e. The van der Waals surface area contributed by atoms with Gasteiger partial charge in [0.05, 0.1) is 17.9 Å². The molecule has 2 amide bonds. The van der Waals surface area contributed by atoms with Crippen LogP contribution in [0.4, 0.5) is 10.5 Å². The molecule has 0 saturated carbocycles. The highest BCUT2D eigenvalue weighted by molar-refractivity contribution is 6.00. The number of benzene rings is 2. The van der Waals surface area contributed by atoms with Crippen molar-refractivity contribution in [2.75, 3.05) is 38.1 Å². The number of para-hydroxylation sites is 1. The van der Waals surface area contributed by atoms with E-state index in [4.69, 9.17) is 4.74 Å². The van der Waals surface area contributed by atoms with Gasteiger partial charge in [-0.2, -0.15) is 0 Å². The van der Waals surface area contributed by atoms with Crippen LogP contribution in [-0.2, 0) is 16.7 Å². The summed E-state index contributed by atoms with van der Waals surface area (Å²) in [6.45, 7) is 12.9. The van der Waals surface area contributed by atoms with Gasteiger partial charge in [-0.3, -0.25) is 4.90 Å². The first-order chi connectivity index (χ1) is 15.8. The summed E-state index contributed by atoms with van der Waals surface area (Å²) in [5.41, 5.74) is 3.66. The van der Waals surface area contributed by atoms with Gasteiger partial charge in [0, 0.05) is 32.7 Å². The maximum absolute atomic E-state index is 12.8. The quantitative estimate of drug-likeness (QED) is 0.459. The van der Waals surface area contributed by atoms with Crippen molar-refractivity contribution in [3.8, 4) is 0 Å². The smallest absolute Gasteiger partial charge is 0.340 e. The number of hydrogen-bond donors (Lipinski definition) is 1. The zero-order chi connectivity index (χ0) is 23.8. The van der Waals surface area contributed by atoms with Gasteiger partial charge in [-0.15, -0.1) is 0 Å². The second kappa shape index (κ2) is 11.3. The lowest BCUT2D eigenvalue weighted by Crippen LogP contribution is -2.49. The van der Waals surface area contributed by atoms with Crippen LogP contribution in [0.25, 0.3) is 0 Å². The third-order valence-electron chi connectivity index (χ3n) is 6.01. The maximum atomic E-state index is 12.8. The molecule has 0 spiro atoms. The number of rotatable bonds is 7. The number of nitrogens with one attached hydrogen (secondary N) is 1. The molecule has 178 valence electrons. The van der Waals surface area contributed by atoms with E-state index in [1.54, 1.807) is 29.2 Å². The molecule has 1 N–H and O–H groups in total. The number of anilines is 1. The second-order valence-corrected chi connectivity index (χ2v) is 9.68. The van der Waals surface area contributed by atoms with Crippen molar-refractivity contribution in [2.24, 2.45) is 0 Å². The molecule has 6 nitrogen and oxygen atoms in total. The number of carbonyl (C=O) groups excluding carboxylic acids is 2. The van der Waals surface area contributed by atoms with E-state index < -0.39 is 5.97 Å². The SMILES string of the molecule is CCCCOC(=O)c1ccccc1NC(=O)N1CCN(Cc2ccc(C(C)(C)C)cc2)CC1. The molecule has 1 fully saturated rings. The Hall–Kier alpha value is -2.86. The highest BCUT2D eigenvalue weighted by Crippen LogP contribution is 2.23. The first-order valence-corrected chi connectivity index (χ1v) is 11.9. The summed E-state index contributed by atoms with van der Waals surface area (Å²) in [6.07, 6.45) is 1.78. The van der Waals surface area contributed by atoms with Crippen LogP contribution < -0.4 is 5.32 Å². The van der Waals surface area contributed by atoms with Gasteiger partial charge in [-0.25, -0.2) is 9.59 Å². The lowest BCUT2D eigenvalue weighted by Gasteiger charge is -2.34. The molecule has 0 unspecified atom stereocenters. The Balaban J connectivity index is 1.51. The van der Waals surface area contributed by atoms with Gasteiger partial charge >= 0.3 is 12.0 Å². The van der Waals surface area contributed by atoms with E-state index in [0.29, 0.717) is 30.9 Å². The Labute approximate surface area is 197 Å². The van der Waals surface area contributed by atoms with Gasteiger partial charge in [-0.05, 0) is 35.1 Å². The van der Waals surface area contributed by atoms with Gasteiger partial charge in [0.25, 0.3) is 0 Å². The Bertz CT molecular complexity index is 926. The summed E-state index contributed by atoms with van der Waals surface area (Å²) in [4.78, 5) is 29.4. The van der Waals surface area contributed by atoms with Crippen LogP contribution in [0.2, 0.25) is 0 Å². The Morgan fingerprint density at radius 2 is 1.64 bits per heavy atom. The van der Waals surface area contributed by atoms with E-state index in [-0.39, 0.29) is 11.4 Å². The zero-order valence-corrected chi connectivity index (χ0v) is 20.4. The van der Waals surface area contributed by atoms with Crippen molar-refractivity contribution < 1.29 is 14.3 Å². The summed E-state index contributed by atoms with van der Waals surface area (Å²) in [5.74, 6) is -0.401. The first-order valence-electron chi connectivity index (χ1n) is 11.9. The summed E-state index contributed by atoms with van der Waals surface area (Å²) < 4.78 is 5.32. The summed E-state index contributed by atoms with van der Waals surface area (Å²) in [5, 5.41) is 2.90. The minimum absolute atomic E-state index is 0.155. The Morgan fingerprint density at radius 3 is 2.27 bits per heavy atom. The topological polar surface area (TPSA) is 61.9 Å². The van der Waals surface area contributed by atoms with Crippen molar-refractivity contribution in [3.05, 3.63) is 65.2 Å². The monoisotopic (exact) mass is 451 g/mol. The molecule has 0 bridgehead atoms. The van der Waals surface area contributed by atoms with Gasteiger partial charge in [-0.1, -0.05) is 70.5 Å². The largest absolute Gasteiger partial charge is 0.462 e. The van der Waals surface area contributed by atoms with Crippen LogP contribution in [0.3, 0.4) is 0 Å².